The lowest BCUT2D eigenvalue weighted by Crippen LogP contribution is -2.41. The summed E-state index contributed by atoms with van der Waals surface area (Å²) in [5, 5.41) is 0.407. The lowest BCUT2D eigenvalue weighted by molar-refractivity contribution is -0.121. The van der Waals surface area contributed by atoms with Crippen molar-refractivity contribution in [1.82, 2.24) is 30.4 Å². The number of halogens is 1. The minimum atomic E-state index is -0.588. The van der Waals surface area contributed by atoms with Crippen molar-refractivity contribution in [3.8, 4) is 5.75 Å². The fourth-order valence-corrected chi connectivity index (χ4v) is 2.77. The highest BCUT2D eigenvalue weighted by Gasteiger charge is 2.15. The van der Waals surface area contributed by atoms with Crippen molar-refractivity contribution in [2.45, 2.75) is 12.8 Å². The summed E-state index contributed by atoms with van der Waals surface area (Å²) in [4.78, 5) is 56.7. The Labute approximate surface area is 168 Å². The Morgan fingerprint density at radius 2 is 2.00 bits per heavy atom. The van der Waals surface area contributed by atoms with Gasteiger partial charge in [0.15, 0.2) is 5.65 Å². The number of imidazole rings is 1. The Kier molecular flexibility index (Phi) is 5.69. The summed E-state index contributed by atoms with van der Waals surface area (Å²) >= 11 is 5.85. The lowest BCUT2D eigenvalue weighted by Gasteiger charge is -2.10. The number of ether oxygens (including phenoxy) is 1. The molecule has 2 aromatic heterocycles. The molecule has 0 aliphatic rings. The second kappa shape index (κ2) is 8.19. The molecule has 0 spiro atoms. The molecule has 152 valence electrons. The molecule has 29 heavy (non-hydrogen) atoms. The summed E-state index contributed by atoms with van der Waals surface area (Å²) in [6.45, 7) is 0. The second-order valence-corrected chi connectivity index (χ2v) is 6.48. The first-order valence-electron chi connectivity index (χ1n) is 8.40. The quantitative estimate of drug-likeness (QED) is 0.427. The predicted molar refractivity (Wildman–Crippen MR) is 104 cm³/mol. The maximum Gasteiger partial charge on any atom is 0.329 e. The van der Waals surface area contributed by atoms with E-state index in [-0.39, 0.29) is 35.3 Å². The van der Waals surface area contributed by atoms with Gasteiger partial charge in [0.05, 0.1) is 12.7 Å². The van der Waals surface area contributed by atoms with Crippen LogP contribution in [0.3, 0.4) is 0 Å². The molecule has 4 N–H and O–H groups in total. The highest BCUT2D eigenvalue weighted by Crippen LogP contribution is 2.22. The molecule has 0 saturated heterocycles. The average Bonchev–Trinajstić information content (AvgIpc) is 3.13. The molecular formula is C17H17ClN6O5. The van der Waals surface area contributed by atoms with Gasteiger partial charge in [0.1, 0.15) is 17.1 Å². The summed E-state index contributed by atoms with van der Waals surface area (Å²) in [5.74, 6) is -0.429. The number of hydrazine groups is 1. The number of carbonyl (C=O) groups is 2. The molecule has 0 aliphatic carbocycles. The minimum Gasteiger partial charge on any atom is -0.496 e. The van der Waals surface area contributed by atoms with Crippen LogP contribution in [0.5, 0.6) is 5.75 Å². The number of carbonyl (C=O) groups excluding carboxylic acids is 2. The fraction of sp³-hybridized carbons (Fsp3) is 0.235. The molecule has 0 fully saturated rings. The highest BCUT2D eigenvalue weighted by atomic mass is 35.5. The molecule has 2 amide bonds. The standard InChI is InChI=1S/C17H17ClN6O5/c1-24-14-13(16(27)21-17(24)28)19-11(20-14)5-6-12(25)22-23-15(26)9-4-3-8(18)7-10(9)29-2/h3-4,7H,5-6H2,1-2H3,(H,19,20)(H,22,25)(H,23,26)(H,21,27,28). The van der Waals surface area contributed by atoms with E-state index in [1.807, 2.05) is 0 Å². The number of nitrogens with one attached hydrogen (secondary N) is 4. The summed E-state index contributed by atoms with van der Waals surface area (Å²) in [5.41, 5.74) is 3.95. The number of benzene rings is 1. The summed E-state index contributed by atoms with van der Waals surface area (Å²) < 4.78 is 6.28. The van der Waals surface area contributed by atoms with E-state index in [1.54, 1.807) is 0 Å². The molecule has 1 aromatic carbocycles. The van der Waals surface area contributed by atoms with Gasteiger partial charge in [-0.3, -0.25) is 34.8 Å². The number of methoxy groups -OCH3 is 1. The average molecular weight is 421 g/mol. The van der Waals surface area contributed by atoms with Gasteiger partial charge in [-0.2, -0.15) is 0 Å². The molecular weight excluding hydrogens is 404 g/mol. The minimum absolute atomic E-state index is 0.0241. The highest BCUT2D eigenvalue weighted by molar-refractivity contribution is 6.30. The smallest absolute Gasteiger partial charge is 0.329 e. The third-order valence-electron chi connectivity index (χ3n) is 4.12. The van der Waals surface area contributed by atoms with Crippen molar-refractivity contribution in [2.75, 3.05) is 7.11 Å². The van der Waals surface area contributed by atoms with E-state index in [4.69, 9.17) is 16.3 Å². The topological polar surface area (TPSA) is 151 Å². The molecule has 0 saturated carbocycles. The summed E-state index contributed by atoms with van der Waals surface area (Å²) in [6.07, 6.45) is 0.137. The van der Waals surface area contributed by atoms with E-state index < -0.39 is 23.1 Å². The van der Waals surface area contributed by atoms with E-state index in [1.165, 1.54) is 36.9 Å². The SMILES string of the molecule is COc1cc(Cl)ccc1C(=O)NNC(=O)CCc1nc2c([nH]1)c(=O)[nH]c(=O)n2C. The van der Waals surface area contributed by atoms with E-state index >= 15 is 0 Å². The van der Waals surface area contributed by atoms with Crippen LogP contribution in [0, 0.1) is 0 Å². The summed E-state index contributed by atoms with van der Waals surface area (Å²) in [6, 6.07) is 4.48. The first-order chi connectivity index (χ1) is 13.8. The maximum absolute atomic E-state index is 12.2. The van der Waals surface area contributed by atoms with Crippen molar-refractivity contribution in [3.63, 3.8) is 0 Å². The van der Waals surface area contributed by atoms with Crippen LogP contribution in [0.15, 0.2) is 27.8 Å². The molecule has 0 atom stereocenters. The van der Waals surface area contributed by atoms with Crippen LogP contribution in [0.25, 0.3) is 11.2 Å². The zero-order chi connectivity index (χ0) is 21.1. The second-order valence-electron chi connectivity index (χ2n) is 6.05. The van der Waals surface area contributed by atoms with E-state index in [2.05, 4.69) is 25.8 Å². The zero-order valence-corrected chi connectivity index (χ0v) is 16.2. The van der Waals surface area contributed by atoms with Gasteiger partial charge >= 0.3 is 5.69 Å². The molecule has 0 aliphatic heterocycles. The zero-order valence-electron chi connectivity index (χ0n) is 15.5. The van der Waals surface area contributed by atoms with Gasteiger partial charge < -0.3 is 9.72 Å². The monoisotopic (exact) mass is 420 g/mol. The third-order valence-corrected chi connectivity index (χ3v) is 4.35. The van der Waals surface area contributed by atoms with Gasteiger partial charge in [0.25, 0.3) is 11.5 Å². The van der Waals surface area contributed by atoms with E-state index in [9.17, 15) is 19.2 Å². The largest absolute Gasteiger partial charge is 0.496 e. The third kappa shape index (κ3) is 4.29. The number of aromatic amines is 2. The van der Waals surface area contributed by atoms with Crippen LogP contribution in [0.2, 0.25) is 5.02 Å². The number of hydrogen-bond donors (Lipinski definition) is 4. The molecule has 0 unspecified atom stereocenters. The van der Waals surface area contributed by atoms with Gasteiger partial charge in [-0.15, -0.1) is 0 Å². The number of aromatic nitrogens is 4. The molecule has 3 aromatic rings. The predicted octanol–water partition coefficient (Wildman–Crippen LogP) is 0.00570. The van der Waals surface area contributed by atoms with Crippen molar-refractivity contribution in [2.24, 2.45) is 7.05 Å². The Balaban J connectivity index is 1.61. The first kappa shape index (κ1) is 20.1. The molecule has 2 heterocycles. The van der Waals surface area contributed by atoms with Gasteiger partial charge in [-0.25, -0.2) is 9.78 Å². The Morgan fingerprint density at radius 1 is 1.24 bits per heavy atom. The number of hydrogen-bond acceptors (Lipinski definition) is 6. The van der Waals surface area contributed by atoms with Gasteiger partial charge in [-0.05, 0) is 18.2 Å². The van der Waals surface area contributed by atoms with Gasteiger partial charge in [0, 0.05) is 24.9 Å². The lowest BCUT2D eigenvalue weighted by atomic mass is 10.2. The van der Waals surface area contributed by atoms with Crippen molar-refractivity contribution in [3.05, 3.63) is 55.4 Å². The number of rotatable bonds is 5. The van der Waals surface area contributed by atoms with Crippen molar-refractivity contribution < 1.29 is 14.3 Å². The number of H-pyrrole nitrogens is 2. The Morgan fingerprint density at radius 3 is 2.72 bits per heavy atom. The number of aryl methyl sites for hydroxylation is 2. The number of amides is 2. The van der Waals surface area contributed by atoms with E-state index in [0.29, 0.717) is 10.8 Å². The Hall–Kier alpha value is -3.60. The van der Waals surface area contributed by atoms with Crippen LogP contribution >= 0.6 is 11.6 Å². The van der Waals surface area contributed by atoms with E-state index in [0.717, 1.165) is 0 Å². The van der Waals surface area contributed by atoms with Gasteiger partial charge in [0.2, 0.25) is 5.91 Å². The summed E-state index contributed by atoms with van der Waals surface area (Å²) in [7, 11) is 2.87. The van der Waals surface area contributed by atoms with Crippen LogP contribution in [0.1, 0.15) is 22.6 Å². The van der Waals surface area contributed by atoms with Crippen LogP contribution in [-0.2, 0) is 18.3 Å². The van der Waals surface area contributed by atoms with Crippen LogP contribution in [-0.4, -0.2) is 38.4 Å². The van der Waals surface area contributed by atoms with Gasteiger partial charge in [-0.1, -0.05) is 11.6 Å². The van der Waals surface area contributed by atoms with Crippen LogP contribution < -0.4 is 26.8 Å². The van der Waals surface area contributed by atoms with Crippen molar-refractivity contribution >= 4 is 34.6 Å². The van der Waals surface area contributed by atoms with Crippen LogP contribution in [0.4, 0.5) is 0 Å². The number of fused-ring (bicyclic) bond motifs is 1. The molecule has 0 radical (unpaired) electrons. The molecule has 3 rings (SSSR count). The van der Waals surface area contributed by atoms with Crippen molar-refractivity contribution in [1.29, 1.82) is 0 Å². The fourth-order valence-electron chi connectivity index (χ4n) is 2.61. The Bertz CT molecular complexity index is 1210. The number of nitrogens with zero attached hydrogens (tertiary/aromatic N) is 2. The first-order valence-corrected chi connectivity index (χ1v) is 8.78. The molecule has 12 heteroatoms. The molecule has 11 nitrogen and oxygen atoms in total. The maximum atomic E-state index is 12.2. The molecule has 0 bridgehead atoms. The normalized spacial score (nSPS) is 10.7.